The predicted octanol–water partition coefficient (Wildman–Crippen LogP) is 5.31. The van der Waals surface area contributed by atoms with Gasteiger partial charge >= 0.3 is 0 Å². The second kappa shape index (κ2) is 9.79. The fourth-order valence-corrected chi connectivity index (χ4v) is 3.90. The first kappa shape index (κ1) is 22.9. The van der Waals surface area contributed by atoms with Gasteiger partial charge in [0.15, 0.2) is 5.65 Å². The molecule has 8 heteroatoms. The van der Waals surface area contributed by atoms with Crippen molar-refractivity contribution in [3.63, 3.8) is 0 Å². The molecule has 2 aromatic heterocycles. The molecule has 0 saturated carbocycles. The van der Waals surface area contributed by atoms with Crippen molar-refractivity contribution in [1.29, 1.82) is 0 Å². The van der Waals surface area contributed by atoms with Gasteiger partial charge in [0.25, 0.3) is 5.91 Å². The third kappa shape index (κ3) is 4.56. The van der Waals surface area contributed by atoms with E-state index >= 15 is 0 Å². The summed E-state index contributed by atoms with van der Waals surface area (Å²) in [7, 11) is 1.61. The van der Waals surface area contributed by atoms with Crippen LogP contribution in [0.4, 0.5) is 4.39 Å². The number of halogens is 1. The van der Waals surface area contributed by atoms with Gasteiger partial charge in [0.2, 0.25) is 0 Å². The number of hydrogen-bond donors (Lipinski definition) is 1. The van der Waals surface area contributed by atoms with Crippen LogP contribution in [-0.4, -0.2) is 34.0 Å². The lowest BCUT2D eigenvalue weighted by Gasteiger charge is -2.09. The lowest BCUT2D eigenvalue weighted by atomic mass is 10.0. The number of nitrogens with zero attached hydrogens (tertiary/aromatic N) is 4. The highest BCUT2D eigenvalue weighted by atomic mass is 19.1. The third-order valence-electron chi connectivity index (χ3n) is 5.69. The maximum Gasteiger partial charge on any atom is 0.272 e. The van der Waals surface area contributed by atoms with E-state index in [1.807, 2.05) is 61.5 Å². The van der Waals surface area contributed by atoms with Gasteiger partial charge in [-0.25, -0.2) is 19.5 Å². The van der Waals surface area contributed by atoms with E-state index in [9.17, 15) is 9.18 Å². The van der Waals surface area contributed by atoms with E-state index in [0.29, 0.717) is 33.5 Å². The number of benzene rings is 3. The summed E-state index contributed by atoms with van der Waals surface area (Å²) in [5.74, 6) is -0.0309. The zero-order chi connectivity index (χ0) is 25.1. The number of hydrazone groups is 1. The van der Waals surface area contributed by atoms with Gasteiger partial charge in [-0.05, 0) is 67.1 Å². The Bertz CT molecular complexity index is 1560. The summed E-state index contributed by atoms with van der Waals surface area (Å²) in [4.78, 5) is 18.2. The number of methoxy groups -OCH3 is 1. The normalized spacial score (nSPS) is 11.2. The minimum absolute atomic E-state index is 0.340. The Kier molecular flexibility index (Phi) is 6.23. The van der Waals surface area contributed by atoms with Crippen molar-refractivity contribution >= 4 is 23.2 Å². The van der Waals surface area contributed by atoms with Gasteiger partial charge in [-0.3, -0.25) is 4.79 Å². The summed E-state index contributed by atoms with van der Waals surface area (Å²) in [5.41, 5.74) is 7.10. The fourth-order valence-electron chi connectivity index (χ4n) is 3.90. The van der Waals surface area contributed by atoms with Gasteiger partial charge in [0.05, 0.1) is 41.3 Å². The molecule has 1 amide bonds. The highest BCUT2D eigenvalue weighted by Gasteiger charge is 2.21. The smallest absolute Gasteiger partial charge is 0.272 e. The molecule has 0 aliphatic rings. The van der Waals surface area contributed by atoms with Crippen LogP contribution in [0, 0.1) is 12.7 Å². The Labute approximate surface area is 206 Å². The van der Waals surface area contributed by atoms with Gasteiger partial charge in [0.1, 0.15) is 11.6 Å². The molecule has 0 aliphatic carbocycles. The SMILES string of the molecule is COc1ccc(-c2cc(C(=O)N/N=C\c3ccc(F)cc3)c3c(C)nn(-c4ccccc4)c3n2)cc1. The number of amides is 1. The number of aromatic nitrogens is 3. The Morgan fingerprint density at radius 1 is 1.03 bits per heavy atom. The molecule has 0 spiro atoms. The van der Waals surface area contributed by atoms with Crippen molar-refractivity contribution in [1.82, 2.24) is 20.2 Å². The molecule has 0 radical (unpaired) electrons. The van der Waals surface area contributed by atoms with Crippen LogP contribution in [-0.2, 0) is 0 Å². The summed E-state index contributed by atoms with van der Waals surface area (Å²) in [5, 5.41) is 9.37. The van der Waals surface area contributed by atoms with Crippen LogP contribution in [0.15, 0.2) is 90.0 Å². The van der Waals surface area contributed by atoms with Crippen LogP contribution in [0.2, 0.25) is 0 Å². The average Bonchev–Trinajstić information content (AvgIpc) is 3.26. The molecule has 0 fully saturated rings. The monoisotopic (exact) mass is 479 g/mol. The van der Waals surface area contributed by atoms with Crippen molar-refractivity contribution in [3.8, 4) is 22.7 Å². The van der Waals surface area contributed by atoms with Gasteiger partial charge < -0.3 is 4.74 Å². The number of carbonyl (C=O) groups excluding carboxylic acids is 1. The number of pyridine rings is 1. The molecule has 2 heterocycles. The number of ether oxygens (including phenoxy) is 1. The summed E-state index contributed by atoms with van der Waals surface area (Å²) >= 11 is 0. The quantitative estimate of drug-likeness (QED) is 0.264. The molecule has 0 bridgehead atoms. The van der Waals surface area contributed by atoms with Crippen molar-refractivity contribution < 1.29 is 13.9 Å². The van der Waals surface area contributed by atoms with E-state index in [1.54, 1.807) is 30.0 Å². The molecule has 178 valence electrons. The molecule has 5 aromatic rings. The van der Waals surface area contributed by atoms with Crippen molar-refractivity contribution in [2.24, 2.45) is 5.10 Å². The molecule has 1 N–H and O–H groups in total. The van der Waals surface area contributed by atoms with Crippen LogP contribution in [0.3, 0.4) is 0 Å². The maximum absolute atomic E-state index is 13.3. The molecule has 0 aliphatic heterocycles. The average molecular weight is 480 g/mol. The fraction of sp³-hybridized carbons (Fsp3) is 0.0714. The molecule has 5 rings (SSSR count). The van der Waals surface area contributed by atoms with Gasteiger partial charge in [-0.15, -0.1) is 0 Å². The van der Waals surface area contributed by atoms with E-state index in [4.69, 9.17) is 9.72 Å². The van der Waals surface area contributed by atoms with Crippen molar-refractivity contribution in [3.05, 3.63) is 108 Å². The van der Waals surface area contributed by atoms with Crippen LogP contribution in [0.25, 0.3) is 28.0 Å². The second-order valence-corrected chi connectivity index (χ2v) is 8.07. The topological polar surface area (TPSA) is 81.4 Å². The van der Waals surface area contributed by atoms with Crippen LogP contribution in [0.1, 0.15) is 21.6 Å². The maximum atomic E-state index is 13.3. The molecule has 3 aromatic carbocycles. The minimum Gasteiger partial charge on any atom is -0.497 e. The Morgan fingerprint density at radius 3 is 2.44 bits per heavy atom. The highest BCUT2D eigenvalue weighted by Crippen LogP contribution is 2.29. The Morgan fingerprint density at radius 2 is 1.75 bits per heavy atom. The molecule has 36 heavy (non-hydrogen) atoms. The van der Waals surface area contributed by atoms with E-state index in [2.05, 4.69) is 15.6 Å². The number of rotatable bonds is 6. The zero-order valence-electron chi connectivity index (χ0n) is 19.6. The van der Waals surface area contributed by atoms with Crippen LogP contribution >= 0.6 is 0 Å². The minimum atomic E-state index is -0.411. The summed E-state index contributed by atoms with van der Waals surface area (Å²) in [6.45, 7) is 1.84. The van der Waals surface area contributed by atoms with E-state index in [0.717, 1.165) is 17.0 Å². The Hall–Kier alpha value is -4.85. The third-order valence-corrected chi connectivity index (χ3v) is 5.69. The zero-order valence-corrected chi connectivity index (χ0v) is 19.6. The number of aryl methyl sites for hydroxylation is 1. The van der Waals surface area contributed by atoms with E-state index < -0.39 is 5.91 Å². The second-order valence-electron chi connectivity index (χ2n) is 8.07. The van der Waals surface area contributed by atoms with Gasteiger partial charge in [0, 0.05) is 5.56 Å². The first-order valence-corrected chi connectivity index (χ1v) is 11.2. The number of hydrogen-bond acceptors (Lipinski definition) is 5. The van der Waals surface area contributed by atoms with Crippen molar-refractivity contribution in [2.45, 2.75) is 6.92 Å². The summed E-state index contributed by atoms with van der Waals surface area (Å²) in [6.07, 6.45) is 1.46. The van der Waals surface area contributed by atoms with Crippen LogP contribution in [0.5, 0.6) is 5.75 Å². The lowest BCUT2D eigenvalue weighted by molar-refractivity contribution is 0.0956. The van der Waals surface area contributed by atoms with Gasteiger partial charge in [-0.1, -0.05) is 30.3 Å². The molecular formula is C28H22FN5O2. The van der Waals surface area contributed by atoms with Gasteiger partial charge in [-0.2, -0.15) is 10.2 Å². The lowest BCUT2D eigenvalue weighted by Crippen LogP contribution is -2.18. The van der Waals surface area contributed by atoms with E-state index in [1.165, 1.54) is 18.3 Å². The number of para-hydroxylation sites is 1. The molecular weight excluding hydrogens is 457 g/mol. The first-order valence-electron chi connectivity index (χ1n) is 11.2. The standard InChI is InChI=1S/C28H22FN5O2/c1-18-26-24(28(35)32-30-17-19-8-12-21(29)13-9-19)16-25(20-10-14-23(36-2)15-11-20)31-27(26)34(33-18)22-6-4-3-5-7-22/h3-17H,1-2H3,(H,32,35)/b30-17-. The van der Waals surface area contributed by atoms with Crippen LogP contribution < -0.4 is 10.2 Å². The molecule has 0 saturated heterocycles. The largest absolute Gasteiger partial charge is 0.497 e. The predicted molar refractivity (Wildman–Crippen MR) is 137 cm³/mol. The van der Waals surface area contributed by atoms with Crippen molar-refractivity contribution in [2.75, 3.05) is 7.11 Å². The molecule has 0 atom stereocenters. The number of nitrogens with one attached hydrogen (secondary N) is 1. The number of carbonyl (C=O) groups is 1. The first-order chi connectivity index (χ1) is 17.5. The summed E-state index contributed by atoms with van der Waals surface area (Å²) in [6, 6.07) is 24.6. The Balaban J connectivity index is 1.60. The molecule has 7 nitrogen and oxygen atoms in total. The number of fused-ring (bicyclic) bond motifs is 1. The van der Waals surface area contributed by atoms with E-state index in [-0.39, 0.29) is 5.82 Å². The molecule has 0 unspecified atom stereocenters. The highest BCUT2D eigenvalue weighted by molar-refractivity contribution is 6.08. The summed E-state index contributed by atoms with van der Waals surface area (Å²) < 4.78 is 20.2.